The number of hydrogen-bond donors (Lipinski definition) is 0. The van der Waals surface area contributed by atoms with E-state index < -0.39 is 31.1 Å². The lowest BCUT2D eigenvalue weighted by Crippen LogP contribution is -2.18. The van der Waals surface area contributed by atoms with E-state index in [1.54, 1.807) is 6.92 Å². The molecule has 0 aromatic heterocycles. The van der Waals surface area contributed by atoms with Crippen molar-refractivity contribution in [1.29, 1.82) is 0 Å². The third-order valence-electron chi connectivity index (χ3n) is 2.21. The zero-order chi connectivity index (χ0) is 14.2. The SMILES string of the molecule is CCC(C)C(=O)OCCC(=O)OCCC(F)(F)F. The van der Waals surface area contributed by atoms with E-state index in [1.165, 1.54) is 0 Å². The maximum atomic E-state index is 11.7. The van der Waals surface area contributed by atoms with Crippen LogP contribution in [0.3, 0.4) is 0 Å². The predicted octanol–water partition coefficient (Wildman–Crippen LogP) is 2.46. The van der Waals surface area contributed by atoms with Crippen LogP contribution in [-0.4, -0.2) is 31.3 Å². The quantitative estimate of drug-likeness (QED) is 0.667. The second-order valence-electron chi connectivity index (χ2n) is 3.81. The van der Waals surface area contributed by atoms with Gasteiger partial charge in [-0.15, -0.1) is 0 Å². The Morgan fingerprint density at radius 1 is 1.17 bits per heavy atom. The summed E-state index contributed by atoms with van der Waals surface area (Å²) in [5, 5.41) is 0. The van der Waals surface area contributed by atoms with Gasteiger partial charge in [-0.05, 0) is 6.42 Å². The summed E-state index contributed by atoms with van der Waals surface area (Å²) in [5.74, 6) is -1.50. The summed E-state index contributed by atoms with van der Waals surface area (Å²) >= 11 is 0. The molecule has 106 valence electrons. The number of hydrogen-bond acceptors (Lipinski definition) is 4. The maximum absolute atomic E-state index is 11.7. The van der Waals surface area contributed by atoms with Crippen molar-refractivity contribution < 1.29 is 32.2 Å². The second-order valence-corrected chi connectivity index (χ2v) is 3.81. The summed E-state index contributed by atoms with van der Waals surface area (Å²) in [6.07, 6.45) is -5.14. The number of ether oxygens (including phenoxy) is 2. The monoisotopic (exact) mass is 270 g/mol. The minimum absolute atomic E-state index is 0.173. The molecule has 0 aliphatic heterocycles. The van der Waals surface area contributed by atoms with Gasteiger partial charge < -0.3 is 9.47 Å². The van der Waals surface area contributed by atoms with Crippen LogP contribution in [-0.2, 0) is 19.1 Å². The van der Waals surface area contributed by atoms with Crippen molar-refractivity contribution in [2.75, 3.05) is 13.2 Å². The molecule has 0 aromatic carbocycles. The van der Waals surface area contributed by atoms with E-state index >= 15 is 0 Å². The Labute approximate surface area is 103 Å². The van der Waals surface area contributed by atoms with E-state index in [-0.39, 0.29) is 18.9 Å². The van der Waals surface area contributed by atoms with Crippen LogP contribution in [0.15, 0.2) is 0 Å². The summed E-state index contributed by atoms with van der Waals surface area (Å²) in [4.78, 5) is 22.1. The third kappa shape index (κ3) is 8.83. The highest BCUT2D eigenvalue weighted by atomic mass is 19.4. The molecule has 0 amide bonds. The molecule has 0 rings (SSSR count). The normalized spacial score (nSPS) is 12.9. The van der Waals surface area contributed by atoms with Crippen LogP contribution in [0.5, 0.6) is 0 Å². The van der Waals surface area contributed by atoms with Crippen molar-refractivity contribution in [1.82, 2.24) is 0 Å². The van der Waals surface area contributed by atoms with Gasteiger partial charge in [-0.3, -0.25) is 9.59 Å². The lowest BCUT2D eigenvalue weighted by Gasteiger charge is -2.09. The van der Waals surface area contributed by atoms with Gasteiger partial charge in [0.25, 0.3) is 0 Å². The van der Waals surface area contributed by atoms with Gasteiger partial charge in [-0.25, -0.2) is 0 Å². The van der Waals surface area contributed by atoms with Crippen LogP contribution in [0, 0.1) is 5.92 Å². The van der Waals surface area contributed by atoms with E-state index in [1.807, 2.05) is 6.92 Å². The van der Waals surface area contributed by atoms with Crippen molar-refractivity contribution in [2.24, 2.45) is 5.92 Å². The highest BCUT2D eigenvalue weighted by molar-refractivity contribution is 5.73. The van der Waals surface area contributed by atoms with Crippen LogP contribution in [0.1, 0.15) is 33.1 Å². The lowest BCUT2D eigenvalue weighted by atomic mass is 10.1. The number of halogens is 3. The van der Waals surface area contributed by atoms with Crippen molar-refractivity contribution in [3.8, 4) is 0 Å². The maximum Gasteiger partial charge on any atom is 0.392 e. The fraction of sp³-hybridized carbons (Fsp3) is 0.818. The van der Waals surface area contributed by atoms with E-state index in [9.17, 15) is 22.8 Å². The third-order valence-corrected chi connectivity index (χ3v) is 2.21. The molecular weight excluding hydrogens is 253 g/mol. The average Bonchev–Trinajstić information content (AvgIpc) is 2.26. The fourth-order valence-corrected chi connectivity index (χ4v) is 0.897. The fourth-order valence-electron chi connectivity index (χ4n) is 0.897. The molecule has 0 radical (unpaired) electrons. The summed E-state index contributed by atoms with van der Waals surface area (Å²) in [5.41, 5.74) is 0. The molecule has 0 aliphatic rings. The first-order valence-electron chi connectivity index (χ1n) is 5.65. The topological polar surface area (TPSA) is 52.6 Å². The van der Waals surface area contributed by atoms with Crippen LogP contribution in [0.4, 0.5) is 13.2 Å². The lowest BCUT2D eigenvalue weighted by molar-refractivity contribution is -0.160. The largest absolute Gasteiger partial charge is 0.465 e. The van der Waals surface area contributed by atoms with Crippen molar-refractivity contribution >= 4 is 11.9 Å². The Morgan fingerprint density at radius 2 is 1.78 bits per heavy atom. The van der Waals surface area contributed by atoms with Crippen molar-refractivity contribution in [3.05, 3.63) is 0 Å². The molecule has 1 atom stereocenters. The smallest absolute Gasteiger partial charge is 0.392 e. The molecule has 0 aromatic rings. The molecular formula is C11H17F3O4. The van der Waals surface area contributed by atoms with Crippen molar-refractivity contribution in [2.45, 2.75) is 39.3 Å². The van der Waals surface area contributed by atoms with E-state index in [0.717, 1.165) is 0 Å². The molecule has 0 aliphatic carbocycles. The minimum atomic E-state index is -4.34. The second kappa shape index (κ2) is 7.94. The molecule has 0 spiro atoms. The first kappa shape index (κ1) is 16.7. The Kier molecular flexibility index (Phi) is 7.38. The zero-order valence-corrected chi connectivity index (χ0v) is 10.4. The molecule has 18 heavy (non-hydrogen) atoms. The zero-order valence-electron chi connectivity index (χ0n) is 10.4. The van der Waals surface area contributed by atoms with Gasteiger partial charge in [0.1, 0.15) is 6.61 Å². The number of carbonyl (C=O) groups is 2. The molecule has 0 saturated carbocycles. The summed E-state index contributed by atoms with van der Waals surface area (Å²) in [6.45, 7) is 2.62. The number of alkyl halides is 3. The Bertz CT molecular complexity index is 276. The predicted molar refractivity (Wildman–Crippen MR) is 56.7 cm³/mol. The standard InChI is InChI=1S/C11H17F3O4/c1-3-8(2)10(16)18-6-4-9(15)17-7-5-11(12,13)14/h8H,3-7H2,1-2H3. The highest BCUT2D eigenvalue weighted by Crippen LogP contribution is 2.19. The van der Waals surface area contributed by atoms with Gasteiger partial charge in [-0.2, -0.15) is 13.2 Å². The molecule has 4 nitrogen and oxygen atoms in total. The number of carbonyl (C=O) groups excluding carboxylic acids is 2. The van der Waals surface area contributed by atoms with Crippen LogP contribution in [0.2, 0.25) is 0 Å². The van der Waals surface area contributed by atoms with E-state index in [0.29, 0.717) is 6.42 Å². The highest BCUT2D eigenvalue weighted by Gasteiger charge is 2.27. The van der Waals surface area contributed by atoms with Gasteiger partial charge in [-0.1, -0.05) is 13.8 Å². The summed E-state index contributed by atoms with van der Waals surface area (Å²) < 4.78 is 44.3. The molecule has 0 saturated heterocycles. The van der Waals surface area contributed by atoms with E-state index in [4.69, 9.17) is 4.74 Å². The Hall–Kier alpha value is -1.27. The van der Waals surface area contributed by atoms with Gasteiger partial charge in [0.15, 0.2) is 0 Å². The first-order valence-corrected chi connectivity index (χ1v) is 5.65. The minimum Gasteiger partial charge on any atom is -0.465 e. The average molecular weight is 270 g/mol. The number of esters is 2. The molecule has 0 heterocycles. The molecule has 0 N–H and O–H groups in total. The van der Waals surface area contributed by atoms with Gasteiger partial charge in [0.2, 0.25) is 0 Å². The van der Waals surface area contributed by atoms with Crippen LogP contribution >= 0.6 is 0 Å². The van der Waals surface area contributed by atoms with Crippen LogP contribution < -0.4 is 0 Å². The molecule has 1 unspecified atom stereocenters. The van der Waals surface area contributed by atoms with Crippen molar-refractivity contribution in [3.63, 3.8) is 0 Å². The number of rotatable bonds is 7. The Balaban J connectivity index is 3.63. The molecule has 0 bridgehead atoms. The first-order chi connectivity index (χ1) is 8.26. The summed E-state index contributed by atoms with van der Waals surface area (Å²) in [7, 11) is 0. The van der Waals surface area contributed by atoms with E-state index in [2.05, 4.69) is 4.74 Å². The molecule has 7 heteroatoms. The van der Waals surface area contributed by atoms with Gasteiger partial charge in [0.05, 0.1) is 25.4 Å². The Morgan fingerprint density at radius 3 is 2.28 bits per heavy atom. The van der Waals surface area contributed by atoms with Gasteiger partial charge in [0, 0.05) is 0 Å². The summed E-state index contributed by atoms with van der Waals surface area (Å²) in [6, 6.07) is 0. The van der Waals surface area contributed by atoms with Crippen LogP contribution in [0.25, 0.3) is 0 Å². The molecule has 0 fully saturated rings. The van der Waals surface area contributed by atoms with Gasteiger partial charge >= 0.3 is 18.1 Å².